The predicted octanol–water partition coefficient (Wildman–Crippen LogP) is 3.73. The highest BCUT2D eigenvalue weighted by Crippen LogP contribution is 2.30. The Morgan fingerprint density at radius 1 is 1.53 bits per heavy atom. The fourth-order valence-corrected chi connectivity index (χ4v) is 2.47. The average Bonchev–Trinajstić information content (AvgIpc) is 2.14. The lowest BCUT2D eigenvalue weighted by molar-refractivity contribution is -0.137. The van der Waals surface area contributed by atoms with Crippen LogP contribution in [-0.2, 0) is 4.79 Å². The van der Waals surface area contributed by atoms with E-state index in [-0.39, 0.29) is 12.3 Å². The second-order valence-electron chi connectivity index (χ2n) is 3.73. The van der Waals surface area contributed by atoms with Gasteiger partial charge in [0.1, 0.15) is 0 Å². The van der Waals surface area contributed by atoms with E-state index in [2.05, 4.69) is 15.9 Å². The van der Waals surface area contributed by atoms with Crippen LogP contribution in [0.5, 0.6) is 0 Å². The highest BCUT2D eigenvalue weighted by Gasteiger charge is 2.15. The zero-order chi connectivity index (χ0) is 11.4. The third kappa shape index (κ3) is 3.34. The van der Waals surface area contributed by atoms with Gasteiger partial charge >= 0.3 is 5.97 Å². The van der Waals surface area contributed by atoms with E-state index in [9.17, 15) is 4.79 Å². The van der Waals surface area contributed by atoms with Gasteiger partial charge in [-0.05, 0) is 36.5 Å². The number of aliphatic carboxylic acids is 1. The van der Waals surface area contributed by atoms with Crippen LogP contribution in [0.15, 0.2) is 22.7 Å². The van der Waals surface area contributed by atoms with Crippen molar-refractivity contribution in [2.75, 3.05) is 0 Å². The van der Waals surface area contributed by atoms with Crippen molar-refractivity contribution in [3.05, 3.63) is 33.8 Å². The largest absolute Gasteiger partial charge is 0.481 e. The first-order valence-electron chi connectivity index (χ1n) is 5.02. The number of carboxylic acid groups (broad SMARTS) is 1. The van der Waals surface area contributed by atoms with Crippen molar-refractivity contribution in [1.29, 1.82) is 0 Å². The molecule has 82 valence electrons. The minimum Gasteiger partial charge on any atom is -0.481 e. The van der Waals surface area contributed by atoms with Gasteiger partial charge in [-0.15, -0.1) is 0 Å². The molecule has 2 nitrogen and oxygen atoms in total. The van der Waals surface area contributed by atoms with Gasteiger partial charge in [0.15, 0.2) is 0 Å². The molecule has 0 spiro atoms. The van der Waals surface area contributed by atoms with Crippen LogP contribution < -0.4 is 0 Å². The molecule has 1 rings (SSSR count). The normalized spacial score (nSPS) is 12.5. The summed E-state index contributed by atoms with van der Waals surface area (Å²) >= 11 is 3.49. The van der Waals surface area contributed by atoms with E-state index < -0.39 is 5.97 Å². The lowest BCUT2D eigenvalue weighted by Crippen LogP contribution is -2.06. The van der Waals surface area contributed by atoms with Gasteiger partial charge in [0.2, 0.25) is 0 Å². The van der Waals surface area contributed by atoms with Crippen LogP contribution in [0, 0.1) is 6.92 Å². The second kappa shape index (κ2) is 5.31. The number of carbonyl (C=O) groups is 1. The topological polar surface area (TPSA) is 37.3 Å². The molecule has 1 aromatic carbocycles. The van der Waals surface area contributed by atoms with Gasteiger partial charge in [0.25, 0.3) is 0 Å². The zero-order valence-electron chi connectivity index (χ0n) is 8.96. The fraction of sp³-hybridized carbons (Fsp3) is 0.417. The standard InChI is InChI=1S/C12H15BrO2/c1-3-9(7-12(14)15)10-5-4-8(2)6-11(10)13/h4-6,9H,3,7H2,1-2H3,(H,14,15). The van der Waals surface area contributed by atoms with Gasteiger partial charge in [-0.25, -0.2) is 0 Å². The molecule has 1 N–H and O–H groups in total. The lowest BCUT2D eigenvalue weighted by atomic mass is 9.93. The molecule has 0 radical (unpaired) electrons. The van der Waals surface area contributed by atoms with Crippen molar-refractivity contribution in [3.63, 3.8) is 0 Å². The van der Waals surface area contributed by atoms with Crippen LogP contribution in [0.2, 0.25) is 0 Å². The molecular weight excluding hydrogens is 256 g/mol. The van der Waals surface area contributed by atoms with Crippen LogP contribution in [0.4, 0.5) is 0 Å². The van der Waals surface area contributed by atoms with E-state index >= 15 is 0 Å². The molecule has 1 atom stereocenters. The van der Waals surface area contributed by atoms with Gasteiger partial charge in [-0.3, -0.25) is 4.79 Å². The Kier molecular flexibility index (Phi) is 4.33. The number of aryl methyl sites for hydroxylation is 1. The number of hydrogen-bond donors (Lipinski definition) is 1. The first-order valence-corrected chi connectivity index (χ1v) is 5.81. The Labute approximate surface area is 98.4 Å². The van der Waals surface area contributed by atoms with Gasteiger partial charge in [0.05, 0.1) is 6.42 Å². The van der Waals surface area contributed by atoms with Crippen LogP contribution >= 0.6 is 15.9 Å². The maximum atomic E-state index is 10.7. The smallest absolute Gasteiger partial charge is 0.303 e. The first-order chi connectivity index (χ1) is 7.04. The Morgan fingerprint density at radius 3 is 2.67 bits per heavy atom. The monoisotopic (exact) mass is 270 g/mol. The minimum absolute atomic E-state index is 0.0949. The van der Waals surface area contributed by atoms with Crippen molar-refractivity contribution in [2.45, 2.75) is 32.6 Å². The molecule has 0 fully saturated rings. The van der Waals surface area contributed by atoms with Crippen LogP contribution in [-0.4, -0.2) is 11.1 Å². The third-order valence-electron chi connectivity index (χ3n) is 2.51. The highest BCUT2D eigenvalue weighted by molar-refractivity contribution is 9.10. The summed E-state index contributed by atoms with van der Waals surface area (Å²) in [5.41, 5.74) is 2.27. The summed E-state index contributed by atoms with van der Waals surface area (Å²) in [6.07, 6.45) is 1.03. The molecule has 0 aliphatic carbocycles. The van der Waals surface area contributed by atoms with Crippen molar-refractivity contribution in [2.24, 2.45) is 0 Å². The van der Waals surface area contributed by atoms with E-state index in [0.29, 0.717) is 0 Å². The minimum atomic E-state index is -0.741. The summed E-state index contributed by atoms with van der Waals surface area (Å²) in [4.78, 5) is 10.7. The second-order valence-corrected chi connectivity index (χ2v) is 4.58. The van der Waals surface area contributed by atoms with E-state index in [4.69, 9.17) is 5.11 Å². The predicted molar refractivity (Wildman–Crippen MR) is 64.2 cm³/mol. The first kappa shape index (κ1) is 12.2. The highest BCUT2D eigenvalue weighted by atomic mass is 79.9. The van der Waals surface area contributed by atoms with Gasteiger partial charge in [-0.1, -0.05) is 35.0 Å². The van der Waals surface area contributed by atoms with Crippen LogP contribution in [0.3, 0.4) is 0 Å². The summed E-state index contributed by atoms with van der Waals surface area (Å²) < 4.78 is 1.01. The molecule has 0 bridgehead atoms. The Balaban J connectivity index is 2.96. The van der Waals surface area contributed by atoms with E-state index in [0.717, 1.165) is 16.5 Å². The van der Waals surface area contributed by atoms with Crippen molar-refractivity contribution in [1.82, 2.24) is 0 Å². The van der Waals surface area contributed by atoms with Gasteiger partial charge in [0, 0.05) is 4.47 Å². The summed E-state index contributed by atoms with van der Waals surface area (Å²) in [7, 11) is 0. The van der Waals surface area contributed by atoms with E-state index in [1.165, 1.54) is 5.56 Å². The molecule has 0 aliphatic rings. The summed E-state index contributed by atoms with van der Waals surface area (Å²) in [6, 6.07) is 6.06. The lowest BCUT2D eigenvalue weighted by Gasteiger charge is -2.15. The van der Waals surface area contributed by atoms with E-state index in [1.54, 1.807) is 0 Å². The molecule has 15 heavy (non-hydrogen) atoms. The number of carboxylic acids is 1. The molecular formula is C12H15BrO2. The fourth-order valence-electron chi connectivity index (χ4n) is 1.65. The number of halogens is 1. The molecule has 0 aromatic heterocycles. The summed E-state index contributed by atoms with van der Waals surface area (Å²) in [5, 5.41) is 8.81. The SMILES string of the molecule is CCC(CC(=O)O)c1ccc(C)cc1Br. The van der Waals surface area contributed by atoms with Crippen LogP contribution in [0.25, 0.3) is 0 Å². The molecule has 0 saturated carbocycles. The Morgan fingerprint density at radius 2 is 2.20 bits per heavy atom. The summed E-state index contributed by atoms with van der Waals surface area (Å²) in [5.74, 6) is -0.646. The molecule has 1 unspecified atom stereocenters. The Hall–Kier alpha value is -0.830. The maximum Gasteiger partial charge on any atom is 0.303 e. The average molecular weight is 271 g/mol. The zero-order valence-corrected chi connectivity index (χ0v) is 10.5. The molecule has 3 heteroatoms. The Bertz CT molecular complexity index is 361. The van der Waals surface area contributed by atoms with Gasteiger partial charge < -0.3 is 5.11 Å². The van der Waals surface area contributed by atoms with Crippen molar-refractivity contribution < 1.29 is 9.90 Å². The van der Waals surface area contributed by atoms with E-state index in [1.807, 2.05) is 32.0 Å². The molecule has 1 aromatic rings. The number of benzene rings is 1. The quantitative estimate of drug-likeness (QED) is 0.906. The molecule has 0 heterocycles. The summed E-state index contributed by atoms with van der Waals surface area (Å²) in [6.45, 7) is 4.03. The third-order valence-corrected chi connectivity index (χ3v) is 3.20. The van der Waals surface area contributed by atoms with Crippen LogP contribution in [0.1, 0.15) is 36.8 Å². The molecule has 0 amide bonds. The number of rotatable bonds is 4. The van der Waals surface area contributed by atoms with Crippen molar-refractivity contribution >= 4 is 21.9 Å². The maximum absolute atomic E-state index is 10.7. The van der Waals surface area contributed by atoms with Gasteiger partial charge in [-0.2, -0.15) is 0 Å². The molecule has 0 aliphatic heterocycles. The number of hydrogen-bond acceptors (Lipinski definition) is 1. The van der Waals surface area contributed by atoms with Crippen molar-refractivity contribution in [3.8, 4) is 0 Å². The molecule has 0 saturated heterocycles.